The first-order valence-corrected chi connectivity index (χ1v) is 12.3. The van der Waals surface area contributed by atoms with Crippen LogP contribution in [0.2, 0.25) is 0 Å². The largest absolute Gasteiger partial charge is 0.395 e. The molecule has 0 spiro atoms. The summed E-state index contributed by atoms with van der Waals surface area (Å²) in [6.07, 6.45) is -1.84. The van der Waals surface area contributed by atoms with Gasteiger partial charge in [0.2, 0.25) is 0 Å². The van der Waals surface area contributed by atoms with Crippen molar-refractivity contribution in [1.29, 1.82) is 0 Å². The average molecular weight is 533 g/mol. The van der Waals surface area contributed by atoms with Crippen LogP contribution in [-0.2, 0) is 17.8 Å². The van der Waals surface area contributed by atoms with Crippen LogP contribution < -0.4 is 0 Å². The van der Waals surface area contributed by atoms with Crippen molar-refractivity contribution >= 4 is 5.91 Å². The zero-order valence-electron chi connectivity index (χ0n) is 22.1. The summed E-state index contributed by atoms with van der Waals surface area (Å²) in [5.74, 6) is -4.95. The average Bonchev–Trinajstić information content (AvgIpc) is 3.43. The first-order valence-electron chi connectivity index (χ1n) is 12.3. The van der Waals surface area contributed by atoms with Gasteiger partial charge in [0.15, 0.2) is 17.3 Å². The molecule has 37 heavy (non-hydrogen) atoms. The van der Waals surface area contributed by atoms with E-state index in [0.717, 1.165) is 24.3 Å². The van der Waals surface area contributed by atoms with E-state index in [2.05, 4.69) is 21.7 Å². The molecule has 6 nitrogen and oxygen atoms in total. The monoisotopic (exact) mass is 532 g/mol. The molecule has 208 valence electrons. The normalized spacial score (nSPS) is 17.5. The number of alkyl halides is 3. The number of hydrogen-bond donors (Lipinski definition) is 1. The first-order chi connectivity index (χ1) is 17.3. The highest BCUT2D eigenvalue weighted by atomic mass is 19.4. The number of aromatic nitrogens is 2. The predicted octanol–water partition coefficient (Wildman–Crippen LogP) is 6.10. The lowest BCUT2D eigenvalue weighted by molar-refractivity contribution is -0.160. The van der Waals surface area contributed by atoms with Gasteiger partial charge in [-0.1, -0.05) is 31.6 Å². The third-order valence-electron chi connectivity index (χ3n) is 6.98. The van der Waals surface area contributed by atoms with E-state index in [1.165, 1.54) is 4.90 Å². The Morgan fingerprint density at radius 3 is 2.51 bits per heavy atom. The number of carbonyl (C=O) groups excluding carboxylic acids is 1. The minimum absolute atomic E-state index is 0.0336. The summed E-state index contributed by atoms with van der Waals surface area (Å²) in [6, 6.07) is 0.171. The van der Waals surface area contributed by atoms with E-state index in [-0.39, 0.29) is 29.9 Å². The highest BCUT2D eigenvalue weighted by Gasteiger charge is 2.38. The number of aromatic amines is 1. The molecule has 0 radical (unpaired) electrons. The number of carbonyl (C=O) groups is 1. The zero-order chi connectivity index (χ0) is 27.9. The number of methoxy groups -OCH3 is 1. The maximum atomic E-state index is 13.5. The highest BCUT2D eigenvalue weighted by Crippen LogP contribution is 2.36. The number of fused-ring (bicyclic) bond motifs is 1. The number of halogens is 5. The van der Waals surface area contributed by atoms with Crippen molar-refractivity contribution in [2.75, 3.05) is 27.3 Å². The van der Waals surface area contributed by atoms with Crippen LogP contribution in [-0.4, -0.2) is 65.4 Å². The number of rotatable bonds is 13. The van der Waals surface area contributed by atoms with Gasteiger partial charge in [0.25, 0.3) is 5.91 Å². The van der Waals surface area contributed by atoms with Crippen molar-refractivity contribution in [1.82, 2.24) is 20.0 Å². The Morgan fingerprint density at radius 1 is 1.27 bits per heavy atom. The number of ether oxygens (including phenoxy) is 1. The molecule has 1 aliphatic rings. The molecule has 1 aliphatic heterocycles. The van der Waals surface area contributed by atoms with Crippen LogP contribution in [0.4, 0.5) is 22.0 Å². The van der Waals surface area contributed by atoms with E-state index in [0.29, 0.717) is 50.9 Å². The number of nitrogens with one attached hydrogen (secondary N) is 1. The topological polar surface area (TPSA) is 61.5 Å². The number of nitrogens with zero attached hydrogens (tertiary/aromatic N) is 3. The maximum absolute atomic E-state index is 13.5. The standard InChI is InChI=1S/C26H37F5N4O2/c1-7-19(12-20(17(3)26(29,30)31)8-9-22(28)18(4)27)10-11-34(5)25(36)24-21-13-35(16(2)15-37-6)14-23(21)32-33-24/h8-9,16-17,19H,4,7,10-15H2,1-3,5-6H3,(H,32,33)/b20-8-,22-9+. The van der Waals surface area contributed by atoms with Crippen LogP contribution in [0.15, 0.2) is 36.0 Å². The van der Waals surface area contributed by atoms with Gasteiger partial charge < -0.3 is 9.64 Å². The van der Waals surface area contributed by atoms with Crippen molar-refractivity contribution in [2.24, 2.45) is 11.8 Å². The Labute approximate surface area is 215 Å². The van der Waals surface area contributed by atoms with Crippen molar-refractivity contribution in [3.05, 3.63) is 52.9 Å². The van der Waals surface area contributed by atoms with E-state index in [9.17, 15) is 26.7 Å². The smallest absolute Gasteiger partial charge is 0.383 e. The molecule has 0 aromatic carbocycles. The molecule has 3 atom stereocenters. The summed E-state index contributed by atoms with van der Waals surface area (Å²) in [4.78, 5) is 16.8. The van der Waals surface area contributed by atoms with Gasteiger partial charge >= 0.3 is 6.18 Å². The molecule has 2 rings (SSSR count). The molecule has 1 amide bonds. The van der Waals surface area contributed by atoms with Crippen LogP contribution in [0.25, 0.3) is 0 Å². The molecule has 1 aromatic rings. The van der Waals surface area contributed by atoms with Gasteiger partial charge in [0, 0.05) is 45.4 Å². The number of allylic oxidation sites excluding steroid dienone is 5. The second kappa shape index (κ2) is 13.3. The molecule has 0 saturated heterocycles. The fourth-order valence-corrected chi connectivity index (χ4v) is 4.31. The first kappa shape index (κ1) is 30.7. The van der Waals surface area contributed by atoms with Crippen LogP contribution in [0.3, 0.4) is 0 Å². The molecule has 2 heterocycles. The quantitative estimate of drug-likeness (QED) is 0.246. The Morgan fingerprint density at radius 2 is 1.95 bits per heavy atom. The van der Waals surface area contributed by atoms with E-state index in [4.69, 9.17) is 4.74 Å². The highest BCUT2D eigenvalue weighted by molar-refractivity contribution is 5.94. The molecule has 1 N–H and O–H groups in total. The third kappa shape index (κ3) is 8.23. The molecule has 0 bridgehead atoms. The van der Waals surface area contributed by atoms with Gasteiger partial charge in [0.1, 0.15) is 0 Å². The molecule has 11 heteroatoms. The summed E-state index contributed by atoms with van der Waals surface area (Å²) < 4.78 is 72.0. The van der Waals surface area contributed by atoms with Crippen LogP contribution in [0, 0.1) is 11.8 Å². The Hall–Kier alpha value is -2.53. The minimum atomic E-state index is -4.52. The molecule has 0 saturated carbocycles. The molecule has 1 aromatic heterocycles. The van der Waals surface area contributed by atoms with Crippen molar-refractivity contribution in [3.8, 4) is 0 Å². The SMILES string of the molecule is C=C(F)/C(F)=C\C=C(\CC(CC)CCN(C)C(=O)c1n[nH]c2c1CN(C(C)COC)C2)C(C)C(F)(F)F. The lowest BCUT2D eigenvalue weighted by Crippen LogP contribution is -2.33. The summed E-state index contributed by atoms with van der Waals surface area (Å²) in [7, 11) is 3.27. The van der Waals surface area contributed by atoms with E-state index in [1.54, 1.807) is 14.2 Å². The van der Waals surface area contributed by atoms with Gasteiger partial charge in [-0.25, -0.2) is 8.78 Å². The van der Waals surface area contributed by atoms with E-state index < -0.39 is 23.7 Å². The fourth-order valence-electron chi connectivity index (χ4n) is 4.31. The molecule has 0 aliphatic carbocycles. The zero-order valence-corrected chi connectivity index (χ0v) is 22.1. The Kier molecular flexibility index (Phi) is 11.0. The van der Waals surface area contributed by atoms with Crippen LogP contribution in [0.5, 0.6) is 0 Å². The Balaban J connectivity index is 2.07. The molecule has 3 unspecified atom stereocenters. The number of H-pyrrole nitrogens is 1. The number of hydrogen-bond acceptors (Lipinski definition) is 4. The van der Waals surface area contributed by atoms with Gasteiger partial charge in [-0.15, -0.1) is 0 Å². The molecular formula is C26H37F5N4O2. The van der Waals surface area contributed by atoms with Gasteiger partial charge in [-0.2, -0.15) is 18.3 Å². The van der Waals surface area contributed by atoms with Crippen molar-refractivity contribution < 1.29 is 31.5 Å². The third-order valence-corrected chi connectivity index (χ3v) is 6.98. The van der Waals surface area contributed by atoms with Crippen molar-refractivity contribution in [2.45, 2.75) is 65.3 Å². The summed E-state index contributed by atoms with van der Waals surface area (Å²) in [6.45, 7) is 9.79. The van der Waals surface area contributed by atoms with Crippen LogP contribution in [0.1, 0.15) is 61.8 Å². The van der Waals surface area contributed by atoms with E-state index >= 15 is 0 Å². The second-order valence-electron chi connectivity index (χ2n) is 9.66. The molecular weight excluding hydrogens is 495 g/mol. The Bertz CT molecular complexity index is 1000. The number of amides is 1. The summed E-state index contributed by atoms with van der Waals surface area (Å²) >= 11 is 0. The summed E-state index contributed by atoms with van der Waals surface area (Å²) in [5, 5.41) is 7.16. The van der Waals surface area contributed by atoms with Gasteiger partial charge in [0.05, 0.1) is 18.2 Å². The van der Waals surface area contributed by atoms with E-state index in [1.807, 2.05) is 13.8 Å². The fraction of sp³-hybridized carbons (Fsp3) is 0.615. The van der Waals surface area contributed by atoms with Crippen molar-refractivity contribution in [3.63, 3.8) is 0 Å². The second-order valence-corrected chi connectivity index (χ2v) is 9.66. The maximum Gasteiger partial charge on any atom is 0.395 e. The lowest BCUT2D eigenvalue weighted by Gasteiger charge is -2.25. The predicted molar refractivity (Wildman–Crippen MR) is 132 cm³/mol. The summed E-state index contributed by atoms with van der Waals surface area (Å²) in [5.41, 5.74) is 2.02. The van der Waals surface area contributed by atoms with Crippen LogP contribution >= 0.6 is 0 Å². The minimum Gasteiger partial charge on any atom is -0.383 e. The lowest BCUT2D eigenvalue weighted by atomic mass is 9.87. The van der Waals surface area contributed by atoms with Gasteiger partial charge in [-0.3, -0.25) is 14.8 Å². The van der Waals surface area contributed by atoms with Gasteiger partial charge in [-0.05, 0) is 38.7 Å². The molecule has 0 fully saturated rings.